The molecule has 0 spiro atoms. The summed E-state index contributed by atoms with van der Waals surface area (Å²) in [6.07, 6.45) is 3.06. The third kappa shape index (κ3) is 6.18. The number of amides is 1. The first-order valence-electron chi connectivity index (χ1n) is 9.88. The molecule has 0 bridgehead atoms. The van der Waals surface area contributed by atoms with Gasteiger partial charge in [-0.1, -0.05) is 30.4 Å². The first-order valence-corrected chi connectivity index (χ1v) is 11.3. The van der Waals surface area contributed by atoms with Crippen LogP contribution in [-0.2, 0) is 14.8 Å². The Labute approximate surface area is 189 Å². The number of sulfonamides is 1. The molecule has 0 atom stereocenters. The molecule has 1 amide bonds. The number of nitrogens with zero attached hydrogens (tertiary/aromatic N) is 2. The molecule has 0 aliphatic heterocycles. The highest BCUT2D eigenvalue weighted by molar-refractivity contribution is 7.89. The molecule has 0 saturated heterocycles. The molecule has 2 aromatic rings. The molecule has 2 aromatic carbocycles. The van der Waals surface area contributed by atoms with E-state index in [0.717, 1.165) is 9.87 Å². The maximum absolute atomic E-state index is 13.0. The van der Waals surface area contributed by atoms with E-state index in [2.05, 4.69) is 17.1 Å². The number of carbonyl (C=O) groups is 1. The van der Waals surface area contributed by atoms with Gasteiger partial charge in [-0.2, -0.15) is 9.41 Å². The molecule has 9 heteroatoms. The molecule has 0 aliphatic carbocycles. The Kier molecular flexibility index (Phi) is 8.56. The standard InChI is InChI=1S/C23H29N3O5S/c1-7-10-31-20-9-8-19(13-21(20)30-6)14-24-25-22(27)15-26(5)32(28,29)23-17(3)11-16(2)12-18(23)4/h7-9,11-14H,1,10,15H2,2-6H3,(H,25,27)/b24-14-. The fraction of sp³-hybridized carbons (Fsp3) is 0.304. The van der Waals surface area contributed by atoms with Crippen LogP contribution in [-0.4, -0.2) is 52.2 Å². The summed E-state index contributed by atoms with van der Waals surface area (Å²) in [7, 11) is -0.942. The Hall–Kier alpha value is -3.17. The zero-order chi connectivity index (χ0) is 23.9. The molecule has 0 aromatic heterocycles. The van der Waals surface area contributed by atoms with E-state index < -0.39 is 15.9 Å². The van der Waals surface area contributed by atoms with Gasteiger partial charge < -0.3 is 9.47 Å². The third-order valence-electron chi connectivity index (χ3n) is 4.59. The maximum atomic E-state index is 13.0. The summed E-state index contributed by atoms with van der Waals surface area (Å²) in [5.74, 6) is 0.506. The Morgan fingerprint density at radius 2 is 1.81 bits per heavy atom. The lowest BCUT2D eigenvalue weighted by Gasteiger charge is -2.19. The van der Waals surface area contributed by atoms with Crippen LogP contribution < -0.4 is 14.9 Å². The van der Waals surface area contributed by atoms with E-state index in [9.17, 15) is 13.2 Å². The molecule has 0 unspecified atom stereocenters. The number of methoxy groups -OCH3 is 1. The highest BCUT2D eigenvalue weighted by Gasteiger charge is 2.26. The molecule has 1 N–H and O–H groups in total. The Balaban J connectivity index is 2.05. The van der Waals surface area contributed by atoms with E-state index in [1.807, 2.05) is 6.92 Å². The van der Waals surface area contributed by atoms with E-state index in [-0.39, 0.29) is 11.4 Å². The number of carbonyl (C=O) groups excluding carboxylic acids is 1. The van der Waals surface area contributed by atoms with Gasteiger partial charge in [-0.05, 0) is 55.7 Å². The van der Waals surface area contributed by atoms with Crippen molar-refractivity contribution in [3.63, 3.8) is 0 Å². The summed E-state index contributed by atoms with van der Waals surface area (Å²) in [6.45, 7) is 8.97. The van der Waals surface area contributed by atoms with Crippen molar-refractivity contribution in [2.75, 3.05) is 27.3 Å². The summed E-state index contributed by atoms with van der Waals surface area (Å²) in [6, 6.07) is 8.78. The van der Waals surface area contributed by atoms with Crippen molar-refractivity contribution in [2.24, 2.45) is 5.10 Å². The van der Waals surface area contributed by atoms with Crippen LogP contribution in [0, 0.1) is 20.8 Å². The van der Waals surface area contributed by atoms with Gasteiger partial charge in [0.1, 0.15) is 6.61 Å². The van der Waals surface area contributed by atoms with Crippen molar-refractivity contribution >= 4 is 22.1 Å². The molecule has 0 aliphatic rings. The average Bonchev–Trinajstić information content (AvgIpc) is 2.71. The van der Waals surface area contributed by atoms with Crippen molar-refractivity contribution < 1.29 is 22.7 Å². The largest absolute Gasteiger partial charge is 0.493 e. The van der Waals surface area contributed by atoms with Crippen molar-refractivity contribution in [3.8, 4) is 11.5 Å². The van der Waals surface area contributed by atoms with E-state index in [4.69, 9.17) is 9.47 Å². The van der Waals surface area contributed by atoms with Gasteiger partial charge >= 0.3 is 0 Å². The van der Waals surface area contributed by atoms with Crippen molar-refractivity contribution in [1.29, 1.82) is 0 Å². The lowest BCUT2D eigenvalue weighted by Crippen LogP contribution is -2.37. The Morgan fingerprint density at radius 3 is 2.41 bits per heavy atom. The van der Waals surface area contributed by atoms with Gasteiger partial charge in [0.25, 0.3) is 5.91 Å². The lowest BCUT2D eigenvalue weighted by molar-refractivity contribution is -0.121. The molecule has 2 rings (SSSR count). The van der Waals surface area contributed by atoms with Crippen molar-refractivity contribution in [1.82, 2.24) is 9.73 Å². The number of nitrogens with one attached hydrogen (secondary N) is 1. The Morgan fingerprint density at radius 1 is 1.16 bits per heavy atom. The van der Waals surface area contributed by atoms with Gasteiger partial charge in [0.2, 0.25) is 10.0 Å². The summed E-state index contributed by atoms with van der Waals surface area (Å²) in [5, 5.41) is 3.90. The second-order valence-corrected chi connectivity index (χ2v) is 9.27. The first kappa shape index (κ1) is 25.1. The van der Waals surface area contributed by atoms with Gasteiger partial charge in [0.05, 0.1) is 24.8 Å². The third-order valence-corrected chi connectivity index (χ3v) is 6.70. The fourth-order valence-corrected chi connectivity index (χ4v) is 4.79. The first-order chi connectivity index (χ1) is 15.1. The average molecular weight is 460 g/mol. The second kappa shape index (κ2) is 10.9. The van der Waals surface area contributed by atoms with Gasteiger partial charge in [-0.25, -0.2) is 13.8 Å². The molecule has 0 saturated carbocycles. The molecule has 0 radical (unpaired) electrons. The number of hydrazone groups is 1. The molecular weight excluding hydrogens is 430 g/mol. The van der Waals surface area contributed by atoms with Crippen LogP contribution in [0.15, 0.2) is 53.0 Å². The van der Waals surface area contributed by atoms with Gasteiger partial charge in [0, 0.05) is 7.05 Å². The molecule has 172 valence electrons. The number of hydrogen-bond donors (Lipinski definition) is 1. The topological polar surface area (TPSA) is 97.3 Å². The fourth-order valence-electron chi connectivity index (χ4n) is 3.26. The van der Waals surface area contributed by atoms with Gasteiger partial charge in [-0.15, -0.1) is 0 Å². The number of aryl methyl sites for hydroxylation is 3. The van der Waals surface area contributed by atoms with Crippen molar-refractivity contribution in [3.05, 3.63) is 65.2 Å². The summed E-state index contributed by atoms with van der Waals surface area (Å²) < 4.78 is 37.7. The minimum absolute atomic E-state index is 0.216. The monoisotopic (exact) mass is 459 g/mol. The van der Waals surface area contributed by atoms with Crippen molar-refractivity contribution in [2.45, 2.75) is 25.7 Å². The number of ether oxygens (including phenoxy) is 2. The molecule has 8 nitrogen and oxygen atoms in total. The quantitative estimate of drug-likeness (QED) is 0.335. The summed E-state index contributed by atoms with van der Waals surface area (Å²) >= 11 is 0. The minimum atomic E-state index is -3.83. The smallest absolute Gasteiger partial charge is 0.255 e. The van der Waals surface area contributed by atoms with Crippen LogP contribution in [0.25, 0.3) is 0 Å². The van der Waals surface area contributed by atoms with Gasteiger partial charge in [0.15, 0.2) is 11.5 Å². The lowest BCUT2D eigenvalue weighted by atomic mass is 10.1. The van der Waals surface area contributed by atoms with Crippen LogP contribution in [0.4, 0.5) is 0 Å². The predicted molar refractivity (Wildman–Crippen MR) is 125 cm³/mol. The molecule has 32 heavy (non-hydrogen) atoms. The normalized spacial score (nSPS) is 11.6. The van der Waals surface area contributed by atoms with Crippen LogP contribution in [0.3, 0.4) is 0 Å². The highest BCUT2D eigenvalue weighted by Crippen LogP contribution is 2.27. The van der Waals surface area contributed by atoms with E-state index in [0.29, 0.717) is 34.8 Å². The molecule has 0 heterocycles. The second-order valence-electron chi connectivity index (χ2n) is 7.29. The van der Waals surface area contributed by atoms with Crippen LogP contribution in [0.5, 0.6) is 11.5 Å². The number of rotatable bonds is 10. The van der Waals surface area contributed by atoms with Crippen LogP contribution >= 0.6 is 0 Å². The zero-order valence-corrected chi connectivity index (χ0v) is 19.8. The van der Waals surface area contributed by atoms with E-state index in [1.165, 1.54) is 20.4 Å². The highest BCUT2D eigenvalue weighted by atomic mass is 32.2. The number of likely N-dealkylation sites (N-methyl/N-ethyl adjacent to an activating group) is 1. The molecule has 0 fully saturated rings. The maximum Gasteiger partial charge on any atom is 0.255 e. The Bertz CT molecular complexity index is 1100. The minimum Gasteiger partial charge on any atom is -0.493 e. The SMILES string of the molecule is C=CCOc1ccc(/C=N\NC(=O)CN(C)S(=O)(=O)c2c(C)cc(C)cc2C)cc1OC. The van der Waals surface area contributed by atoms with E-state index in [1.54, 1.807) is 50.3 Å². The number of benzene rings is 2. The van der Waals surface area contributed by atoms with Gasteiger partial charge in [-0.3, -0.25) is 4.79 Å². The van der Waals surface area contributed by atoms with Crippen LogP contribution in [0.2, 0.25) is 0 Å². The van der Waals surface area contributed by atoms with Crippen LogP contribution in [0.1, 0.15) is 22.3 Å². The predicted octanol–water partition coefficient (Wildman–Crippen LogP) is 2.96. The number of hydrogen-bond acceptors (Lipinski definition) is 6. The zero-order valence-electron chi connectivity index (χ0n) is 19.0. The summed E-state index contributed by atoms with van der Waals surface area (Å²) in [4.78, 5) is 12.5. The van der Waals surface area contributed by atoms with E-state index >= 15 is 0 Å². The summed E-state index contributed by atoms with van der Waals surface area (Å²) in [5.41, 5.74) is 5.28. The molecular formula is C23H29N3O5S.